The molecule has 100 valence electrons. The standard InChI is InChI=1S/C13H12N2O.C3H8/c16-13(14-11-7-3-1-4-8-11)15-12-9-5-2-6-10-12;1-3-2/h1-10H,(H2,14,15,16);3H2,1-2H3. The van der Waals surface area contributed by atoms with Crippen LogP contribution in [-0.4, -0.2) is 6.03 Å². The normalized spacial score (nSPS) is 8.95. The Hall–Kier alpha value is -2.29. The number of hydrogen-bond acceptors (Lipinski definition) is 1. The van der Waals surface area contributed by atoms with Gasteiger partial charge < -0.3 is 10.6 Å². The molecule has 0 aliphatic carbocycles. The monoisotopic (exact) mass is 256 g/mol. The van der Waals surface area contributed by atoms with Crippen LogP contribution in [0, 0.1) is 0 Å². The Labute approximate surface area is 114 Å². The minimum Gasteiger partial charge on any atom is -0.308 e. The van der Waals surface area contributed by atoms with Gasteiger partial charge in [-0.15, -0.1) is 0 Å². The van der Waals surface area contributed by atoms with Crippen molar-refractivity contribution in [3.05, 3.63) is 60.7 Å². The zero-order valence-corrected chi connectivity index (χ0v) is 11.4. The number of hydrogen-bond donors (Lipinski definition) is 2. The third-order valence-corrected chi connectivity index (χ3v) is 2.06. The number of carbonyl (C=O) groups is 1. The molecule has 0 radical (unpaired) electrons. The van der Waals surface area contributed by atoms with Crippen LogP contribution < -0.4 is 10.6 Å². The highest BCUT2D eigenvalue weighted by Crippen LogP contribution is 2.08. The van der Waals surface area contributed by atoms with Gasteiger partial charge >= 0.3 is 6.03 Å². The Bertz CT molecular complexity index is 425. The van der Waals surface area contributed by atoms with E-state index in [2.05, 4.69) is 24.5 Å². The molecule has 0 saturated heterocycles. The molecule has 0 fully saturated rings. The first-order chi connectivity index (χ1) is 9.26. The SMILES string of the molecule is CCC.O=C(Nc1ccccc1)Nc1ccccc1. The number of carbonyl (C=O) groups excluding carboxylic acids is 1. The summed E-state index contributed by atoms with van der Waals surface area (Å²) in [7, 11) is 0. The molecule has 2 aromatic rings. The first kappa shape index (κ1) is 14.8. The smallest absolute Gasteiger partial charge is 0.308 e. The summed E-state index contributed by atoms with van der Waals surface area (Å²) < 4.78 is 0. The molecule has 3 nitrogen and oxygen atoms in total. The second-order valence-corrected chi connectivity index (χ2v) is 4.02. The van der Waals surface area contributed by atoms with E-state index in [1.54, 1.807) is 0 Å². The number of rotatable bonds is 2. The Morgan fingerprint density at radius 3 is 1.42 bits per heavy atom. The van der Waals surface area contributed by atoms with E-state index >= 15 is 0 Å². The van der Waals surface area contributed by atoms with Crippen molar-refractivity contribution in [3.63, 3.8) is 0 Å². The molecular weight excluding hydrogens is 236 g/mol. The molecule has 0 unspecified atom stereocenters. The van der Waals surface area contributed by atoms with Crippen LogP contribution in [0.25, 0.3) is 0 Å². The molecule has 19 heavy (non-hydrogen) atoms. The summed E-state index contributed by atoms with van der Waals surface area (Å²) in [5, 5.41) is 5.48. The van der Waals surface area contributed by atoms with Gasteiger partial charge in [0.25, 0.3) is 0 Å². The molecule has 0 heterocycles. The van der Waals surface area contributed by atoms with Crippen LogP contribution in [0.5, 0.6) is 0 Å². The van der Waals surface area contributed by atoms with Crippen molar-refractivity contribution >= 4 is 17.4 Å². The molecule has 0 aromatic heterocycles. The van der Waals surface area contributed by atoms with E-state index in [4.69, 9.17) is 0 Å². The van der Waals surface area contributed by atoms with Gasteiger partial charge in [0.05, 0.1) is 0 Å². The number of para-hydroxylation sites is 2. The summed E-state index contributed by atoms with van der Waals surface area (Å²) in [5.74, 6) is 0. The molecular formula is C16H20N2O. The Balaban J connectivity index is 0.000000550. The van der Waals surface area contributed by atoms with Crippen LogP contribution in [0.3, 0.4) is 0 Å². The van der Waals surface area contributed by atoms with E-state index in [0.717, 1.165) is 11.4 Å². The largest absolute Gasteiger partial charge is 0.323 e. The summed E-state index contributed by atoms with van der Waals surface area (Å²) in [6, 6.07) is 18.4. The highest BCUT2D eigenvalue weighted by atomic mass is 16.2. The molecule has 0 spiro atoms. The van der Waals surface area contributed by atoms with Crippen molar-refractivity contribution in [1.29, 1.82) is 0 Å². The maximum absolute atomic E-state index is 11.6. The van der Waals surface area contributed by atoms with Crippen LogP contribution in [0.4, 0.5) is 16.2 Å². The lowest BCUT2D eigenvalue weighted by Crippen LogP contribution is -2.19. The Kier molecular flexibility index (Phi) is 6.80. The molecule has 0 saturated carbocycles. The van der Waals surface area contributed by atoms with Crippen molar-refractivity contribution in [2.75, 3.05) is 10.6 Å². The summed E-state index contributed by atoms with van der Waals surface area (Å²) >= 11 is 0. The molecule has 0 aliphatic rings. The second kappa shape index (κ2) is 8.75. The van der Waals surface area contributed by atoms with Crippen LogP contribution in [0.1, 0.15) is 20.3 Å². The van der Waals surface area contributed by atoms with Gasteiger partial charge in [-0.05, 0) is 24.3 Å². The summed E-state index contributed by atoms with van der Waals surface area (Å²) in [5.41, 5.74) is 1.55. The minimum absolute atomic E-state index is 0.239. The molecule has 0 aliphatic heterocycles. The Morgan fingerprint density at radius 2 is 1.11 bits per heavy atom. The van der Waals surface area contributed by atoms with Crippen LogP contribution in [-0.2, 0) is 0 Å². The van der Waals surface area contributed by atoms with Crippen molar-refractivity contribution in [2.45, 2.75) is 20.3 Å². The molecule has 0 bridgehead atoms. The van der Waals surface area contributed by atoms with Gasteiger partial charge in [0.15, 0.2) is 0 Å². The van der Waals surface area contributed by atoms with Crippen molar-refractivity contribution in [3.8, 4) is 0 Å². The fraction of sp³-hybridized carbons (Fsp3) is 0.188. The van der Waals surface area contributed by atoms with E-state index < -0.39 is 0 Å². The van der Waals surface area contributed by atoms with Crippen LogP contribution >= 0.6 is 0 Å². The van der Waals surface area contributed by atoms with E-state index in [0.29, 0.717) is 0 Å². The van der Waals surface area contributed by atoms with Gasteiger partial charge in [0.2, 0.25) is 0 Å². The predicted molar refractivity (Wildman–Crippen MR) is 81.5 cm³/mol. The Morgan fingerprint density at radius 1 is 0.789 bits per heavy atom. The molecule has 2 amide bonds. The zero-order valence-electron chi connectivity index (χ0n) is 11.4. The maximum Gasteiger partial charge on any atom is 0.323 e. The van der Waals surface area contributed by atoms with E-state index in [1.165, 1.54) is 6.42 Å². The number of amides is 2. The summed E-state index contributed by atoms with van der Waals surface area (Å²) in [4.78, 5) is 11.6. The van der Waals surface area contributed by atoms with Gasteiger partial charge in [-0.3, -0.25) is 0 Å². The van der Waals surface area contributed by atoms with Crippen molar-refractivity contribution < 1.29 is 4.79 Å². The predicted octanol–water partition coefficient (Wildman–Crippen LogP) is 4.75. The first-order valence-electron chi connectivity index (χ1n) is 6.44. The van der Waals surface area contributed by atoms with Gasteiger partial charge in [-0.25, -0.2) is 4.79 Å². The lowest BCUT2D eigenvalue weighted by molar-refractivity contribution is 0.262. The van der Waals surface area contributed by atoms with Crippen LogP contribution in [0.15, 0.2) is 60.7 Å². The lowest BCUT2D eigenvalue weighted by Gasteiger charge is -2.06. The average molecular weight is 256 g/mol. The van der Waals surface area contributed by atoms with E-state index in [9.17, 15) is 4.79 Å². The molecule has 0 atom stereocenters. The van der Waals surface area contributed by atoms with Gasteiger partial charge in [0.1, 0.15) is 0 Å². The highest BCUT2D eigenvalue weighted by molar-refractivity contribution is 5.99. The summed E-state index contributed by atoms with van der Waals surface area (Å²) in [6.45, 7) is 4.25. The van der Waals surface area contributed by atoms with Gasteiger partial charge in [-0.2, -0.15) is 0 Å². The van der Waals surface area contributed by atoms with E-state index in [1.807, 2.05) is 60.7 Å². The van der Waals surface area contributed by atoms with Crippen molar-refractivity contribution in [2.24, 2.45) is 0 Å². The minimum atomic E-state index is -0.239. The average Bonchev–Trinajstić information content (AvgIpc) is 2.41. The highest BCUT2D eigenvalue weighted by Gasteiger charge is 2.00. The van der Waals surface area contributed by atoms with E-state index in [-0.39, 0.29) is 6.03 Å². The van der Waals surface area contributed by atoms with Gasteiger partial charge in [-0.1, -0.05) is 56.7 Å². The molecule has 2 N–H and O–H groups in total. The quantitative estimate of drug-likeness (QED) is 0.800. The maximum atomic E-state index is 11.6. The molecule has 3 heteroatoms. The van der Waals surface area contributed by atoms with Crippen molar-refractivity contribution in [1.82, 2.24) is 0 Å². The number of nitrogens with one attached hydrogen (secondary N) is 2. The summed E-state index contributed by atoms with van der Waals surface area (Å²) in [6.07, 6.45) is 1.25. The molecule has 2 rings (SSSR count). The second-order valence-electron chi connectivity index (χ2n) is 4.02. The number of anilines is 2. The lowest BCUT2D eigenvalue weighted by atomic mass is 10.3. The fourth-order valence-electron chi connectivity index (χ4n) is 1.34. The zero-order chi connectivity index (χ0) is 13.9. The van der Waals surface area contributed by atoms with Gasteiger partial charge in [0, 0.05) is 11.4 Å². The third-order valence-electron chi connectivity index (χ3n) is 2.06. The van der Waals surface area contributed by atoms with Crippen LogP contribution in [0.2, 0.25) is 0 Å². The number of urea groups is 1. The molecule has 2 aromatic carbocycles. The third kappa shape index (κ3) is 6.27. The first-order valence-corrected chi connectivity index (χ1v) is 6.44. The fourth-order valence-corrected chi connectivity index (χ4v) is 1.34. The number of benzene rings is 2. The topological polar surface area (TPSA) is 41.1 Å².